The van der Waals surface area contributed by atoms with Crippen LogP contribution in [0.3, 0.4) is 0 Å². The topological polar surface area (TPSA) is 52.6 Å². The molecule has 0 spiro atoms. The molecule has 0 fully saturated rings. The predicted molar refractivity (Wildman–Crippen MR) is 62.9 cm³/mol. The molecule has 1 aromatic carbocycles. The minimum absolute atomic E-state index is 0.219. The molecule has 0 aliphatic heterocycles. The summed E-state index contributed by atoms with van der Waals surface area (Å²) in [6.45, 7) is 4.69. The molecule has 4 heteroatoms. The Bertz CT molecular complexity index is 387. The van der Waals surface area contributed by atoms with Gasteiger partial charge in [-0.05, 0) is 18.1 Å². The molecule has 4 nitrogen and oxygen atoms in total. The lowest BCUT2D eigenvalue weighted by atomic mass is 10.1. The van der Waals surface area contributed by atoms with Crippen LogP contribution in [-0.2, 0) is 9.53 Å². The highest BCUT2D eigenvalue weighted by Gasteiger charge is 2.14. The molecule has 0 saturated heterocycles. The quantitative estimate of drug-likeness (QED) is 0.562. The van der Waals surface area contributed by atoms with E-state index < -0.39 is 5.97 Å². The highest BCUT2D eigenvalue weighted by atomic mass is 16.5. The smallest absolute Gasteiger partial charge is 0.341 e. The Hall–Kier alpha value is -1.84. The van der Waals surface area contributed by atoms with E-state index in [2.05, 4.69) is 0 Å². The molecule has 17 heavy (non-hydrogen) atoms. The number of ether oxygens (including phenoxy) is 2. The number of esters is 1. The summed E-state index contributed by atoms with van der Waals surface area (Å²) in [5.41, 5.74) is 0.267. The van der Waals surface area contributed by atoms with E-state index in [4.69, 9.17) is 9.47 Å². The van der Waals surface area contributed by atoms with Crippen molar-refractivity contribution in [2.45, 2.75) is 20.3 Å². The minimum Gasteiger partial charge on any atom is -0.462 e. The van der Waals surface area contributed by atoms with E-state index in [9.17, 15) is 9.59 Å². The summed E-state index contributed by atoms with van der Waals surface area (Å²) in [5, 5.41) is 0. The van der Waals surface area contributed by atoms with Crippen molar-refractivity contribution in [3.63, 3.8) is 0 Å². The summed E-state index contributed by atoms with van der Waals surface area (Å²) in [6, 6.07) is 6.49. The van der Waals surface area contributed by atoms with Crippen LogP contribution in [0, 0.1) is 5.92 Å². The summed E-state index contributed by atoms with van der Waals surface area (Å²) in [5.74, 6) is 0.0671. The molecule has 0 saturated carbocycles. The van der Waals surface area contributed by atoms with Gasteiger partial charge in [-0.2, -0.15) is 0 Å². The third-order valence-corrected chi connectivity index (χ3v) is 2.48. The van der Waals surface area contributed by atoms with Crippen molar-refractivity contribution < 1.29 is 19.1 Å². The van der Waals surface area contributed by atoms with Crippen LogP contribution in [0.15, 0.2) is 24.3 Å². The van der Waals surface area contributed by atoms with Gasteiger partial charge in [0.2, 0.25) is 0 Å². The normalized spacial score (nSPS) is 11.6. The Kier molecular flexibility index (Phi) is 5.20. The van der Waals surface area contributed by atoms with Crippen molar-refractivity contribution in [2.24, 2.45) is 5.92 Å². The highest BCUT2D eigenvalue weighted by Crippen LogP contribution is 2.18. The molecular formula is C13H16O4. The number of para-hydroxylation sites is 1. The van der Waals surface area contributed by atoms with Crippen LogP contribution < -0.4 is 4.74 Å². The zero-order valence-corrected chi connectivity index (χ0v) is 10.0. The fraction of sp³-hybridized carbons (Fsp3) is 0.385. The van der Waals surface area contributed by atoms with Gasteiger partial charge in [0.15, 0.2) is 0 Å². The predicted octanol–water partition coefficient (Wildman–Crippen LogP) is 2.42. The van der Waals surface area contributed by atoms with Gasteiger partial charge in [-0.15, -0.1) is 0 Å². The third kappa shape index (κ3) is 3.90. The van der Waals surface area contributed by atoms with Gasteiger partial charge in [0.25, 0.3) is 6.47 Å². The zero-order valence-electron chi connectivity index (χ0n) is 10.0. The first-order valence-electron chi connectivity index (χ1n) is 5.55. The van der Waals surface area contributed by atoms with Gasteiger partial charge in [0.05, 0.1) is 6.61 Å². The Morgan fingerprint density at radius 2 is 2.12 bits per heavy atom. The molecule has 1 aromatic rings. The summed E-state index contributed by atoms with van der Waals surface area (Å²) < 4.78 is 9.84. The summed E-state index contributed by atoms with van der Waals surface area (Å²) in [6.07, 6.45) is 0.944. The van der Waals surface area contributed by atoms with Crippen molar-refractivity contribution in [2.75, 3.05) is 6.61 Å². The molecule has 0 N–H and O–H groups in total. The van der Waals surface area contributed by atoms with Gasteiger partial charge in [0.1, 0.15) is 11.3 Å². The van der Waals surface area contributed by atoms with E-state index in [0.717, 1.165) is 6.42 Å². The summed E-state index contributed by atoms with van der Waals surface area (Å²) in [7, 11) is 0. The van der Waals surface area contributed by atoms with E-state index in [1.54, 1.807) is 24.3 Å². The number of carbonyl (C=O) groups excluding carboxylic acids is 2. The maximum atomic E-state index is 11.7. The van der Waals surface area contributed by atoms with Crippen LogP contribution in [-0.4, -0.2) is 19.0 Å². The Morgan fingerprint density at radius 1 is 1.41 bits per heavy atom. The maximum Gasteiger partial charge on any atom is 0.341 e. The lowest BCUT2D eigenvalue weighted by Crippen LogP contribution is -2.12. The standard InChI is InChI=1S/C13H16O4/c1-3-10(2)8-16-13(15)11-6-4-5-7-12(11)17-9-14/h4-7,9-10H,3,8H2,1-2H3. The second-order valence-corrected chi connectivity index (χ2v) is 3.82. The van der Waals surface area contributed by atoms with Crippen LogP contribution >= 0.6 is 0 Å². The molecular weight excluding hydrogens is 220 g/mol. The first-order valence-corrected chi connectivity index (χ1v) is 5.55. The van der Waals surface area contributed by atoms with Crippen LogP contribution in [0.5, 0.6) is 5.75 Å². The van der Waals surface area contributed by atoms with E-state index in [-0.39, 0.29) is 11.3 Å². The van der Waals surface area contributed by atoms with E-state index >= 15 is 0 Å². The van der Waals surface area contributed by atoms with Crippen LogP contribution in [0.1, 0.15) is 30.6 Å². The van der Waals surface area contributed by atoms with Gasteiger partial charge in [-0.3, -0.25) is 4.79 Å². The molecule has 1 unspecified atom stereocenters. The van der Waals surface area contributed by atoms with Crippen LogP contribution in [0.25, 0.3) is 0 Å². The average molecular weight is 236 g/mol. The molecule has 0 aliphatic carbocycles. The monoisotopic (exact) mass is 236 g/mol. The second kappa shape index (κ2) is 6.68. The van der Waals surface area contributed by atoms with Gasteiger partial charge in [-0.25, -0.2) is 4.79 Å². The van der Waals surface area contributed by atoms with Crippen LogP contribution in [0.2, 0.25) is 0 Å². The SMILES string of the molecule is CCC(C)COC(=O)c1ccccc1OC=O. The number of rotatable bonds is 6. The first-order chi connectivity index (χ1) is 8.19. The molecule has 0 heterocycles. The third-order valence-electron chi connectivity index (χ3n) is 2.48. The van der Waals surface area contributed by atoms with Crippen molar-refractivity contribution >= 4 is 12.4 Å². The molecule has 92 valence electrons. The fourth-order valence-corrected chi connectivity index (χ4v) is 1.20. The van der Waals surface area contributed by atoms with E-state index in [1.165, 1.54) is 0 Å². The zero-order chi connectivity index (χ0) is 12.7. The lowest BCUT2D eigenvalue weighted by Gasteiger charge is -2.10. The Labute approximate surface area is 101 Å². The van der Waals surface area contributed by atoms with E-state index in [1.807, 2.05) is 13.8 Å². The largest absolute Gasteiger partial charge is 0.462 e. The van der Waals surface area contributed by atoms with Crippen molar-refractivity contribution in [3.05, 3.63) is 29.8 Å². The maximum absolute atomic E-state index is 11.7. The van der Waals surface area contributed by atoms with E-state index in [0.29, 0.717) is 19.0 Å². The molecule has 1 rings (SSSR count). The molecule has 0 amide bonds. The molecule has 1 atom stereocenters. The Balaban J connectivity index is 2.71. The number of benzene rings is 1. The average Bonchev–Trinajstić information content (AvgIpc) is 2.36. The van der Waals surface area contributed by atoms with Crippen molar-refractivity contribution in [3.8, 4) is 5.75 Å². The van der Waals surface area contributed by atoms with Crippen LogP contribution in [0.4, 0.5) is 0 Å². The number of carbonyl (C=O) groups is 2. The number of hydrogen-bond donors (Lipinski definition) is 0. The molecule has 0 aromatic heterocycles. The second-order valence-electron chi connectivity index (χ2n) is 3.82. The summed E-state index contributed by atoms with van der Waals surface area (Å²) in [4.78, 5) is 22.0. The first kappa shape index (κ1) is 13.2. The van der Waals surface area contributed by atoms with Gasteiger partial charge < -0.3 is 9.47 Å². The van der Waals surface area contributed by atoms with Crippen molar-refractivity contribution in [1.29, 1.82) is 0 Å². The summed E-state index contributed by atoms with van der Waals surface area (Å²) >= 11 is 0. The molecule has 0 bridgehead atoms. The van der Waals surface area contributed by atoms with Gasteiger partial charge in [0, 0.05) is 0 Å². The van der Waals surface area contributed by atoms with Gasteiger partial charge in [-0.1, -0.05) is 32.4 Å². The Morgan fingerprint density at radius 3 is 2.76 bits per heavy atom. The molecule has 0 radical (unpaired) electrons. The highest BCUT2D eigenvalue weighted by molar-refractivity contribution is 5.92. The molecule has 0 aliphatic rings. The minimum atomic E-state index is -0.470. The van der Waals surface area contributed by atoms with Gasteiger partial charge >= 0.3 is 5.97 Å². The van der Waals surface area contributed by atoms with Crippen molar-refractivity contribution in [1.82, 2.24) is 0 Å². The lowest BCUT2D eigenvalue weighted by molar-refractivity contribution is -0.120. The fourth-order valence-electron chi connectivity index (χ4n) is 1.20. The number of hydrogen-bond acceptors (Lipinski definition) is 4.